The number of urea groups is 1. The fourth-order valence-electron chi connectivity index (χ4n) is 3.81. The smallest absolute Gasteiger partial charge is 0.311 e. The number of hydrogen-bond acceptors (Lipinski definition) is 4. The first-order valence-corrected chi connectivity index (χ1v) is 10.5. The first-order chi connectivity index (χ1) is 15.7. The molecule has 3 amide bonds. The van der Waals surface area contributed by atoms with Crippen molar-refractivity contribution in [1.82, 2.24) is 14.9 Å². The number of imide groups is 1. The lowest BCUT2D eigenvalue weighted by Gasteiger charge is -2.13. The Hall–Kier alpha value is -4.26. The zero-order valence-electron chi connectivity index (χ0n) is 18.9. The minimum absolute atomic E-state index is 0.146. The molecule has 0 fully saturated rings. The van der Waals surface area contributed by atoms with Gasteiger partial charge in [0.25, 0.3) is 11.5 Å². The second-order valence-corrected chi connectivity index (χ2v) is 8.06. The third kappa shape index (κ3) is 4.39. The van der Waals surface area contributed by atoms with E-state index >= 15 is 0 Å². The molecule has 0 aliphatic heterocycles. The van der Waals surface area contributed by atoms with E-state index in [4.69, 9.17) is 0 Å². The maximum atomic E-state index is 13.1. The monoisotopic (exact) mass is 440 g/mol. The number of aromatic nitrogens is 2. The van der Waals surface area contributed by atoms with E-state index in [9.17, 15) is 14.4 Å². The second kappa shape index (κ2) is 8.70. The molecule has 7 heteroatoms. The molecule has 0 unspecified atom stereocenters. The summed E-state index contributed by atoms with van der Waals surface area (Å²) in [7, 11) is 1.73. The van der Waals surface area contributed by atoms with Crippen LogP contribution < -0.4 is 16.2 Å². The molecule has 2 aromatic carbocycles. The molecule has 33 heavy (non-hydrogen) atoms. The number of carbonyl (C=O) groups is 2. The summed E-state index contributed by atoms with van der Waals surface area (Å²) in [4.78, 5) is 42.3. The molecule has 0 bridgehead atoms. The molecule has 0 saturated heterocycles. The largest absolute Gasteiger partial charge is 0.326 e. The Morgan fingerprint density at radius 1 is 0.909 bits per heavy atom. The van der Waals surface area contributed by atoms with Crippen LogP contribution in [0.5, 0.6) is 0 Å². The Bertz CT molecular complexity index is 1470. The number of amides is 3. The van der Waals surface area contributed by atoms with Gasteiger partial charge in [0.05, 0.1) is 5.52 Å². The van der Waals surface area contributed by atoms with Gasteiger partial charge in [-0.1, -0.05) is 24.3 Å². The topological polar surface area (TPSA) is 93.1 Å². The highest BCUT2D eigenvalue weighted by atomic mass is 16.2. The van der Waals surface area contributed by atoms with Gasteiger partial charge >= 0.3 is 6.03 Å². The highest BCUT2D eigenvalue weighted by Crippen LogP contribution is 2.27. The van der Waals surface area contributed by atoms with Gasteiger partial charge in [0, 0.05) is 41.1 Å². The number of fused-ring (bicyclic) bond motifs is 1. The first-order valence-electron chi connectivity index (χ1n) is 10.5. The Morgan fingerprint density at radius 2 is 1.67 bits per heavy atom. The lowest BCUT2D eigenvalue weighted by atomic mass is 9.99. The summed E-state index contributed by atoms with van der Waals surface area (Å²) in [6, 6.07) is 15.4. The molecule has 0 aliphatic rings. The predicted octanol–water partition coefficient (Wildman–Crippen LogP) is 4.49. The summed E-state index contributed by atoms with van der Waals surface area (Å²) in [6.45, 7) is 5.59. The van der Waals surface area contributed by atoms with E-state index < -0.39 is 11.9 Å². The molecule has 4 aromatic rings. The molecule has 2 aromatic heterocycles. The molecule has 2 N–H and O–H groups in total. The van der Waals surface area contributed by atoms with E-state index in [1.165, 1.54) is 0 Å². The summed E-state index contributed by atoms with van der Waals surface area (Å²) >= 11 is 0. The molecule has 0 spiro atoms. The van der Waals surface area contributed by atoms with Crippen LogP contribution in [0.15, 0.2) is 65.6 Å². The molecular formula is C26H24N4O3. The van der Waals surface area contributed by atoms with Gasteiger partial charge in [-0.3, -0.25) is 19.9 Å². The van der Waals surface area contributed by atoms with Crippen LogP contribution in [0.25, 0.3) is 22.0 Å². The van der Waals surface area contributed by atoms with Crippen molar-refractivity contribution in [2.45, 2.75) is 20.8 Å². The maximum absolute atomic E-state index is 13.1. The molecule has 4 rings (SSSR count). The van der Waals surface area contributed by atoms with Gasteiger partial charge in [-0.05, 0) is 67.8 Å². The molecule has 166 valence electrons. The Balaban J connectivity index is 1.64. The predicted molar refractivity (Wildman–Crippen MR) is 130 cm³/mol. The number of aryl methyl sites for hydroxylation is 4. The van der Waals surface area contributed by atoms with Crippen molar-refractivity contribution in [3.63, 3.8) is 0 Å². The van der Waals surface area contributed by atoms with Gasteiger partial charge in [-0.25, -0.2) is 4.79 Å². The average Bonchev–Trinajstić information content (AvgIpc) is 2.78. The van der Waals surface area contributed by atoms with Crippen molar-refractivity contribution >= 4 is 28.5 Å². The van der Waals surface area contributed by atoms with E-state index in [1.807, 2.05) is 38.1 Å². The number of nitrogens with one attached hydrogen (secondary N) is 2. The summed E-state index contributed by atoms with van der Waals surface area (Å²) in [5, 5.41) is 5.88. The van der Waals surface area contributed by atoms with Crippen molar-refractivity contribution in [2.75, 3.05) is 5.32 Å². The highest BCUT2D eigenvalue weighted by Gasteiger charge is 2.15. The molecule has 0 atom stereocenters. The number of hydrogen-bond donors (Lipinski definition) is 2. The quantitative estimate of drug-likeness (QED) is 0.491. The number of pyridine rings is 2. The van der Waals surface area contributed by atoms with Crippen LogP contribution in [0.3, 0.4) is 0 Å². The molecular weight excluding hydrogens is 416 g/mol. The van der Waals surface area contributed by atoms with Crippen LogP contribution in [-0.4, -0.2) is 21.5 Å². The molecule has 7 nitrogen and oxygen atoms in total. The standard InChI is InChI=1S/C26H24N4O3/c1-15-7-5-6-8-20(15)24(31)29-26(33)28-19-10-9-16(2)21(13-19)22-12-18-14-27-17(3)11-23(18)30(4)25(22)32/h5-14H,1-4H3,(H2,28,29,31,33). The third-order valence-electron chi connectivity index (χ3n) is 5.65. The van der Waals surface area contributed by atoms with Gasteiger partial charge in [-0.2, -0.15) is 0 Å². The average molecular weight is 441 g/mol. The number of carbonyl (C=O) groups excluding carboxylic acids is 2. The Morgan fingerprint density at radius 3 is 2.42 bits per heavy atom. The summed E-state index contributed by atoms with van der Waals surface area (Å²) in [5.74, 6) is -0.482. The summed E-state index contributed by atoms with van der Waals surface area (Å²) in [6.07, 6.45) is 1.75. The zero-order chi connectivity index (χ0) is 23.7. The van der Waals surface area contributed by atoms with Crippen LogP contribution in [0.1, 0.15) is 27.2 Å². The van der Waals surface area contributed by atoms with Crippen LogP contribution in [-0.2, 0) is 7.05 Å². The van der Waals surface area contributed by atoms with E-state index in [1.54, 1.807) is 55.1 Å². The Kier molecular flexibility index (Phi) is 5.79. The summed E-state index contributed by atoms with van der Waals surface area (Å²) < 4.78 is 1.60. The van der Waals surface area contributed by atoms with Crippen LogP contribution in [0.4, 0.5) is 10.5 Å². The number of rotatable bonds is 3. The maximum Gasteiger partial charge on any atom is 0.326 e. The molecule has 0 saturated carbocycles. The van der Waals surface area contributed by atoms with Crippen molar-refractivity contribution in [1.29, 1.82) is 0 Å². The van der Waals surface area contributed by atoms with Crippen LogP contribution >= 0.6 is 0 Å². The van der Waals surface area contributed by atoms with Gasteiger partial charge in [0.15, 0.2) is 0 Å². The SMILES string of the molecule is Cc1cc2c(cn1)cc(-c1cc(NC(=O)NC(=O)c3ccccc3C)ccc1C)c(=O)n2C. The number of anilines is 1. The van der Waals surface area contributed by atoms with Crippen molar-refractivity contribution in [3.05, 3.63) is 93.5 Å². The van der Waals surface area contributed by atoms with Gasteiger partial charge in [-0.15, -0.1) is 0 Å². The third-order valence-corrected chi connectivity index (χ3v) is 5.65. The molecule has 2 heterocycles. The second-order valence-electron chi connectivity index (χ2n) is 8.06. The van der Waals surface area contributed by atoms with Crippen LogP contribution in [0.2, 0.25) is 0 Å². The number of nitrogens with zero attached hydrogens (tertiary/aromatic N) is 2. The highest BCUT2D eigenvalue weighted by molar-refractivity contribution is 6.08. The van der Waals surface area contributed by atoms with Crippen molar-refractivity contribution in [3.8, 4) is 11.1 Å². The Labute approximate surface area is 191 Å². The lowest BCUT2D eigenvalue weighted by molar-refractivity contribution is 0.0966. The van der Waals surface area contributed by atoms with E-state index in [0.717, 1.165) is 27.7 Å². The van der Waals surface area contributed by atoms with Gasteiger partial charge in [0.2, 0.25) is 0 Å². The fourth-order valence-corrected chi connectivity index (χ4v) is 3.81. The van der Waals surface area contributed by atoms with Gasteiger partial charge in [0.1, 0.15) is 0 Å². The number of benzene rings is 2. The zero-order valence-corrected chi connectivity index (χ0v) is 18.9. The molecule has 0 radical (unpaired) electrons. The van der Waals surface area contributed by atoms with Crippen molar-refractivity contribution < 1.29 is 9.59 Å². The normalized spacial score (nSPS) is 10.8. The van der Waals surface area contributed by atoms with Crippen LogP contribution in [0, 0.1) is 20.8 Å². The molecule has 0 aliphatic carbocycles. The van der Waals surface area contributed by atoms with E-state index in [2.05, 4.69) is 15.6 Å². The summed E-state index contributed by atoms with van der Waals surface area (Å²) in [5.41, 5.74) is 5.25. The van der Waals surface area contributed by atoms with Gasteiger partial charge < -0.3 is 9.88 Å². The first kappa shape index (κ1) is 22.0. The fraction of sp³-hybridized carbons (Fsp3) is 0.154. The van der Waals surface area contributed by atoms with Crippen molar-refractivity contribution in [2.24, 2.45) is 7.05 Å². The van der Waals surface area contributed by atoms with E-state index in [-0.39, 0.29) is 5.56 Å². The lowest BCUT2D eigenvalue weighted by Crippen LogP contribution is -2.34. The minimum Gasteiger partial charge on any atom is -0.311 e. The minimum atomic E-state index is -0.649. The van der Waals surface area contributed by atoms with E-state index in [0.29, 0.717) is 22.4 Å².